The molecule has 0 aromatic heterocycles. The molecule has 294 valence electrons. The highest BCUT2D eigenvalue weighted by Crippen LogP contribution is 2.15. The molecule has 0 aliphatic heterocycles. The van der Waals surface area contributed by atoms with Gasteiger partial charge < -0.3 is 14.2 Å². The lowest BCUT2D eigenvalue weighted by Crippen LogP contribution is -2.17. The summed E-state index contributed by atoms with van der Waals surface area (Å²) in [6.45, 7) is 4.63. The third-order valence-electron chi connectivity index (χ3n) is 6.06. The third kappa shape index (κ3) is 22.4. The van der Waals surface area contributed by atoms with Gasteiger partial charge in [-0.2, -0.15) is 23.5 Å². The van der Waals surface area contributed by atoms with Gasteiger partial charge >= 0.3 is 18.3 Å². The van der Waals surface area contributed by atoms with Crippen LogP contribution in [0.3, 0.4) is 0 Å². The van der Waals surface area contributed by atoms with Gasteiger partial charge in [-0.05, 0) is 101 Å². The number of thioether (sulfide) groups is 2. The Kier molecular flexibility index (Phi) is 25.6. The lowest BCUT2D eigenvalue weighted by Gasteiger charge is -2.07. The normalized spacial score (nSPS) is 10.5. The van der Waals surface area contributed by atoms with E-state index in [-0.39, 0.29) is 12.2 Å². The number of nitrogens with one attached hydrogen (secondary N) is 3. The quantitative estimate of drug-likeness (QED) is 0.0668. The van der Waals surface area contributed by atoms with Crippen LogP contribution in [-0.4, -0.2) is 93.1 Å². The Morgan fingerprint density at radius 2 is 0.981 bits per heavy atom. The molecular weight excluding hydrogens is 825 g/mol. The first-order valence-electron chi connectivity index (χ1n) is 15.9. The number of hydrogen-bond acceptors (Lipinski definition) is 12. The standard InChI is InChI=1S/C12H14ClNO4S.C12H14ClNO3S.C11H12ClNO3S/c1-2-19(17)7-6-18-12(16)14-10-5-3-4-9(8-10)11(13)15;1-2-18-7-6-17-12(16)14-10-5-3-4-9(8-10)11(13)15;1-17-6-5-16-11(15)13-9-4-2-3-8(7-9)10(12)14/h3-5,8H,2,6-7H2,1H3,(H,14,16);3-5,8H,2,6-7H2,1H3,(H,14,16);2-4,7H,5-6H2,1H3,(H,13,15). The van der Waals surface area contributed by atoms with Crippen LogP contribution >= 0.6 is 58.3 Å². The lowest BCUT2D eigenvalue weighted by molar-refractivity contribution is 0.107. The van der Waals surface area contributed by atoms with Crippen LogP contribution in [0.2, 0.25) is 0 Å². The fourth-order valence-corrected chi connectivity index (χ4v) is 5.20. The average Bonchev–Trinajstić information content (AvgIpc) is 3.14. The van der Waals surface area contributed by atoms with Crippen LogP contribution in [-0.2, 0) is 25.0 Å². The van der Waals surface area contributed by atoms with E-state index in [2.05, 4.69) is 16.0 Å². The molecular formula is C35H40Cl3N3O10S3. The largest absolute Gasteiger partial charge is 0.448 e. The second-order valence-electron chi connectivity index (χ2n) is 9.97. The minimum atomic E-state index is -0.967. The number of carbonyl (C=O) groups is 6. The van der Waals surface area contributed by atoms with Crippen molar-refractivity contribution in [3.63, 3.8) is 0 Å². The van der Waals surface area contributed by atoms with E-state index < -0.39 is 44.8 Å². The van der Waals surface area contributed by atoms with Crippen LogP contribution in [0.1, 0.15) is 44.9 Å². The summed E-state index contributed by atoms with van der Waals surface area (Å²) in [5.74, 6) is 3.34. The van der Waals surface area contributed by atoms with E-state index in [4.69, 9.17) is 49.0 Å². The monoisotopic (exact) mass is 863 g/mol. The van der Waals surface area contributed by atoms with E-state index in [0.717, 1.165) is 17.3 Å². The second kappa shape index (κ2) is 28.6. The van der Waals surface area contributed by atoms with E-state index in [9.17, 15) is 33.0 Å². The molecule has 13 nitrogen and oxygen atoms in total. The number of rotatable bonds is 17. The van der Waals surface area contributed by atoms with Crippen LogP contribution in [0.4, 0.5) is 31.4 Å². The molecule has 1 unspecified atom stereocenters. The molecule has 0 spiro atoms. The number of anilines is 3. The highest BCUT2D eigenvalue weighted by Gasteiger charge is 2.09. The van der Waals surface area contributed by atoms with E-state index in [0.29, 0.717) is 52.9 Å². The maximum Gasteiger partial charge on any atom is 0.411 e. The van der Waals surface area contributed by atoms with Crippen LogP contribution in [0.15, 0.2) is 72.8 Å². The molecule has 0 bridgehead atoms. The molecule has 3 aromatic rings. The van der Waals surface area contributed by atoms with Crippen molar-refractivity contribution in [3.05, 3.63) is 89.5 Å². The Labute approximate surface area is 339 Å². The molecule has 3 N–H and O–H groups in total. The van der Waals surface area contributed by atoms with Crippen molar-refractivity contribution in [2.75, 3.05) is 70.8 Å². The average molecular weight is 865 g/mol. The predicted octanol–water partition coefficient (Wildman–Crippen LogP) is 8.73. The number of ether oxygens (including phenoxy) is 3. The van der Waals surface area contributed by atoms with Gasteiger partial charge in [0.1, 0.15) is 19.8 Å². The number of carbonyl (C=O) groups excluding carboxylic acids is 6. The van der Waals surface area contributed by atoms with Gasteiger partial charge in [-0.25, -0.2) is 14.4 Å². The van der Waals surface area contributed by atoms with Gasteiger partial charge in [0.25, 0.3) is 15.7 Å². The maximum absolute atomic E-state index is 11.4. The molecule has 1 atom stereocenters. The Morgan fingerprint density at radius 1 is 0.611 bits per heavy atom. The number of hydrogen-bond donors (Lipinski definition) is 3. The van der Waals surface area contributed by atoms with Crippen LogP contribution in [0, 0.1) is 0 Å². The fraction of sp³-hybridized carbons (Fsp3) is 0.314. The van der Waals surface area contributed by atoms with Crippen LogP contribution in [0.5, 0.6) is 0 Å². The third-order valence-corrected chi connectivity index (χ3v) is 9.42. The summed E-state index contributed by atoms with van der Waals surface area (Å²) >= 11 is 19.3. The van der Waals surface area contributed by atoms with Crippen molar-refractivity contribution in [1.82, 2.24) is 0 Å². The zero-order chi connectivity index (χ0) is 40.3. The topological polar surface area (TPSA) is 183 Å². The second-order valence-corrected chi connectivity index (χ2v) is 15.2. The van der Waals surface area contributed by atoms with E-state index in [1.54, 1.807) is 79.0 Å². The molecule has 3 rings (SSSR count). The minimum absolute atomic E-state index is 0.0837. The van der Waals surface area contributed by atoms with Crippen molar-refractivity contribution in [1.29, 1.82) is 0 Å². The Balaban J connectivity index is 0.000000406. The number of amides is 3. The summed E-state index contributed by atoms with van der Waals surface area (Å²) in [5, 5.41) is 5.78. The van der Waals surface area contributed by atoms with Gasteiger partial charge in [-0.1, -0.05) is 32.0 Å². The zero-order valence-electron chi connectivity index (χ0n) is 29.5. The summed E-state index contributed by atoms with van der Waals surface area (Å²) in [5.41, 5.74) is 2.31. The number of halogens is 3. The summed E-state index contributed by atoms with van der Waals surface area (Å²) in [4.78, 5) is 66.9. The van der Waals surface area contributed by atoms with Crippen molar-refractivity contribution >= 4 is 120 Å². The molecule has 0 saturated heterocycles. The smallest absolute Gasteiger partial charge is 0.411 e. The molecule has 3 aromatic carbocycles. The Morgan fingerprint density at radius 3 is 1.31 bits per heavy atom. The van der Waals surface area contributed by atoms with Gasteiger partial charge in [0.2, 0.25) is 0 Å². The molecule has 0 heterocycles. The summed E-state index contributed by atoms with van der Waals surface area (Å²) in [7, 11) is -0.967. The van der Waals surface area contributed by atoms with E-state index in [1.807, 2.05) is 13.2 Å². The lowest BCUT2D eigenvalue weighted by atomic mass is 10.2. The van der Waals surface area contributed by atoms with Gasteiger partial charge in [0.15, 0.2) is 0 Å². The van der Waals surface area contributed by atoms with E-state index in [1.165, 1.54) is 24.3 Å². The Hall–Kier alpha value is -3.80. The van der Waals surface area contributed by atoms with Crippen molar-refractivity contribution in [3.8, 4) is 0 Å². The summed E-state index contributed by atoms with van der Waals surface area (Å²) < 4.78 is 25.8. The SMILES string of the molecule is CCS(=O)CCOC(=O)Nc1cccc(C(=O)Cl)c1.CCSCCOC(=O)Nc1cccc(C(=O)Cl)c1.CSCCOC(=O)Nc1cccc(C(=O)Cl)c1. The molecule has 3 amide bonds. The summed E-state index contributed by atoms with van der Waals surface area (Å²) in [6.07, 6.45) is 0.188. The predicted molar refractivity (Wildman–Crippen MR) is 220 cm³/mol. The van der Waals surface area contributed by atoms with Crippen molar-refractivity contribution in [2.45, 2.75) is 13.8 Å². The summed E-state index contributed by atoms with van der Waals surface area (Å²) in [6, 6.07) is 18.9. The molecule has 19 heteroatoms. The molecule has 54 heavy (non-hydrogen) atoms. The molecule has 0 fully saturated rings. The maximum atomic E-state index is 11.4. The molecule has 0 saturated carbocycles. The van der Waals surface area contributed by atoms with Crippen molar-refractivity contribution < 1.29 is 47.2 Å². The number of benzene rings is 3. The zero-order valence-corrected chi connectivity index (χ0v) is 34.2. The first kappa shape index (κ1) is 48.2. The van der Waals surface area contributed by atoms with Crippen molar-refractivity contribution in [2.24, 2.45) is 0 Å². The molecule has 0 radical (unpaired) electrons. The molecule has 0 aliphatic rings. The fourth-order valence-electron chi connectivity index (χ4n) is 3.55. The van der Waals surface area contributed by atoms with Gasteiger partial charge in [-0.3, -0.25) is 34.5 Å². The van der Waals surface area contributed by atoms with Crippen LogP contribution < -0.4 is 16.0 Å². The van der Waals surface area contributed by atoms with E-state index >= 15 is 0 Å². The first-order valence-corrected chi connectivity index (χ1v) is 21.1. The first-order chi connectivity index (χ1) is 25.8. The molecule has 0 aliphatic carbocycles. The van der Waals surface area contributed by atoms with Gasteiger partial charge in [0.05, 0.1) is 5.75 Å². The van der Waals surface area contributed by atoms with Crippen LogP contribution in [0.25, 0.3) is 0 Å². The minimum Gasteiger partial charge on any atom is -0.448 e. The van der Waals surface area contributed by atoms with Gasteiger partial charge in [0, 0.05) is 61.8 Å². The highest BCUT2D eigenvalue weighted by atomic mass is 35.5. The van der Waals surface area contributed by atoms with Gasteiger partial charge in [-0.15, -0.1) is 0 Å². The Bertz CT molecular complexity index is 1720. The highest BCUT2D eigenvalue weighted by molar-refractivity contribution is 7.99.